The Morgan fingerprint density at radius 1 is 1.06 bits per heavy atom. The number of guanidine groups is 1. The minimum absolute atomic E-state index is 0.132. The van der Waals surface area contributed by atoms with Gasteiger partial charge in [-0.1, -0.05) is 24.3 Å². The molecule has 2 aromatic carbocycles. The van der Waals surface area contributed by atoms with Crippen molar-refractivity contribution in [1.82, 2.24) is 10.2 Å². The second-order valence-corrected chi connectivity index (χ2v) is 7.59. The second kappa shape index (κ2) is 9.33. The Labute approximate surface area is 184 Å². The molecule has 4 rings (SSSR count). The minimum Gasteiger partial charge on any atom is -0.465 e. The summed E-state index contributed by atoms with van der Waals surface area (Å²) in [6, 6.07) is 11.3. The molecule has 1 saturated heterocycles. The molecule has 2 aliphatic heterocycles. The van der Waals surface area contributed by atoms with E-state index < -0.39 is 29.7 Å². The number of esters is 1. The van der Waals surface area contributed by atoms with Crippen LogP contribution in [0.1, 0.15) is 18.5 Å². The van der Waals surface area contributed by atoms with Crippen LogP contribution in [-0.4, -0.2) is 55.5 Å². The first-order valence-corrected chi connectivity index (χ1v) is 10.5. The summed E-state index contributed by atoms with van der Waals surface area (Å²) in [5.74, 6) is -2.71. The van der Waals surface area contributed by atoms with Crippen molar-refractivity contribution in [2.24, 2.45) is 10.9 Å². The number of benzene rings is 2. The zero-order chi connectivity index (χ0) is 22.7. The molecule has 0 bridgehead atoms. The van der Waals surface area contributed by atoms with Crippen molar-refractivity contribution >= 4 is 23.5 Å². The molecule has 1 fully saturated rings. The lowest BCUT2D eigenvalue weighted by atomic mass is 9.91. The van der Waals surface area contributed by atoms with Gasteiger partial charge in [-0.2, -0.15) is 0 Å². The fourth-order valence-corrected chi connectivity index (χ4v) is 3.99. The van der Waals surface area contributed by atoms with E-state index in [0.717, 1.165) is 0 Å². The molecule has 1 amide bonds. The number of carbonyl (C=O) groups excluding carboxylic acids is 2. The van der Waals surface area contributed by atoms with Crippen LogP contribution in [0, 0.1) is 17.6 Å². The number of hydrogen-bond donors (Lipinski definition) is 1. The predicted molar refractivity (Wildman–Crippen MR) is 115 cm³/mol. The summed E-state index contributed by atoms with van der Waals surface area (Å²) in [6.07, 6.45) is 0. The first-order chi connectivity index (χ1) is 15.5. The molecule has 1 N–H and O–H groups in total. The molecular weight excluding hydrogens is 418 g/mol. The van der Waals surface area contributed by atoms with Crippen LogP contribution in [0.5, 0.6) is 0 Å². The van der Waals surface area contributed by atoms with E-state index in [1.54, 1.807) is 25.1 Å². The molecule has 32 heavy (non-hydrogen) atoms. The maximum Gasteiger partial charge on any atom is 0.321 e. The van der Waals surface area contributed by atoms with Crippen LogP contribution in [0.3, 0.4) is 0 Å². The summed E-state index contributed by atoms with van der Waals surface area (Å²) in [4.78, 5) is 33.9. The van der Waals surface area contributed by atoms with Crippen LogP contribution in [0.4, 0.5) is 14.5 Å². The van der Waals surface area contributed by atoms with Gasteiger partial charge in [-0.3, -0.25) is 14.9 Å². The number of anilines is 1. The molecular formula is C23H24F2N4O3. The largest absolute Gasteiger partial charge is 0.465 e. The van der Waals surface area contributed by atoms with Gasteiger partial charge in [0.2, 0.25) is 11.9 Å². The molecule has 0 spiro atoms. The molecule has 0 aromatic heterocycles. The lowest BCUT2D eigenvalue weighted by Crippen LogP contribution is -2.57. The average molecular weight is 442 g/mol. The highest BCUT2D eigenvalue weighted by atomic mass is 19.1. The van der Waals surface area contributed by atoms with E-state index in [0.29, 0.717) is 43.4 Å². The number of amides is 1. The number of piperazine rings is 1. The van der Waals surface area contributed by atoms with Crippen LogP contribution in [0.2, 0.25) is 0 Å². The van der Waals surface area contributed by atoms with Gasteiger partial charge < -0.3 is 14.5 Å². The average Bonchev–Trinajstić information content (AvgIpc) is 2.79. The first kappa shape index (κ1) is 21.7. The molecule has 2 atom stereocenters. The Morgan fingerprint density at radius 2 is 1.72 bits per heavy atom. The summed E-state index contributed by atoms with van der Waals surface area (Å²) >= 11 is 0. The molecule has 2 aliphatic rings. The smallest absolute Gasteiger partial charge is 0.321 e. The van der Waals surface area contributed by atoms with E-state index in [4.69, 9.17) is 4.74 Å². The summed E-state index contributed by atoms with van der Waals surface area (Å²) in [6.45, 7) is 3.89. The third-order valence-electron chi connectivity index (χ3n) is 5.62. The Kier molecular flexibility index (Phi) is 6.34. The van der Waals surface area contributed by atoms with Gasteiger partial charge in [-0.15, -0.1) is 0 Å². The maximum atomic E-state index is 14.1. The number of para-hydroxylation sites is 1. The molecule has 0 aliphatic carbocycles. The summed E-state index contributed by atoms with van der Waals surface area (Å²) in [5.41, 5.74) is 1.08. The minimum atomic E-state index is -1.16. The Hall–Kier alpha value is -3.49. The Bertz CT molecular complexity index is 1020. The molecule has 0 radical (unpaired) electrons. The van der Waals surface area contributed by atoms with Gasteiger partial charge in [-0.25, -0.2) is 13.8 Å². The van der Waals surface area contributed by atoms with Crippen molar-refractivity contribution in [3.63, 3.8) is 0 Å². The van der Waals surface area contributed by atoms with Crippen molar-refractivity contribution in [2.75, 3.05) is 37.7 Å². The number of rotatable bonds is 4. The summed E-state index contributed by atoms with van der Waals surface area (Å²) in [5, 5.41) is 2.72. The number of halogens is 2. The highest BCUT2D eigenvalue weighted by Crippen LogP contribution is 2.31. The van der Waals surface area contributed by atoms with Gasteiger partial charge in [0.05, 0.1) is 12.3 Å². The Balaban J connectivity index is 1.56. The molecule has 0 unspecified atom stereocenters. The monoisotopic (exact) mass is 442 g/mol. The fourth-order valence-electron chi connectivity index (χ4n) is 3.99. The molecule has 9 heteroatoms. The standard InChI is InChI=1S/C23H24F2N4O3/c1-2-32-22(31)19-20(15-7-9-16(24)10-8-15)26-23(27-21(19)30)29-13-11-28(12-14-29)18-6-4-3-5-17(18)25/h3-10,19-20H,2,11-14H2,1H3,(H,26,27,30)/t19-,20+/m1/s1. The molecule has 168 valence electrons. The van der Waals surface area contributed by atoms with E-state index in [9.17, 15) is 18.4 Å². The van der Waals surface area contributed by atoms with Crippen molar-refractivity contribution in [2.45, 2.75) is 13.0 Å². The third-order valence-corrected chi connectivity index (χ3v) is 5.62. The van der Waals surface area contributed by atoms with Crippen molar-refractivity contribution in [3.8, 4) is 0 Å². The summed E-state index contributed by atoms with van der Waals surface area (Å²) < 4.78 is 32.6. The SMILES string of the molecule is CCOC(=O)[C@H]1C(=O)NC(N2CCN(c3ccccc3F)CC2)=N[C@H]1c1ccc(F)cc1. The van der Waals surface area contributed by atoms with Crippen LogP contribution >= 0.6 is 0 Å². The van der Waals surface area contributed by atoms with E-state index in [-0.39, 0.29) is 12.4 Å². The fraction of sp³-hybridized carbons (Fsp3) is 0.348. The van der Waals surface area contributed by atoms with E-state index in [1.165, 1.54) is 30.3 Å². The molecule has 2 aromatic rings. The quantitative estimate of drug-likeness (QED) is 0.582. The van der Waals surface area contributed by atoms with Gasteiger partial charge in [-0.05, 0) is 36.8 Å². The number of nitrogens with zero attached hydrogens (tertiary/aromatic N) is 3. The maximum absolute atomic E-state index is 14.1. The van der Waals surface area contributed by atoms with Gasteiger partial charge in [0, 0.05) is 26.2 Å². The van der Waals surface area contributed by atoms with Crippen molar-refractivity contribution in [3.05, 3.63) is 65.7 Å². The van der Waals surface area contributed by atoms with Gasteiger partial charge >= 0.3 is 5.97 Å². The molecule has 2 heterocycles. The van der Waals surface area contributed by atoms with Gasteiger partial charge in [0.15, 0.2) is 5.92 Å². The zero-order valence-electron chi connectivity index (χ0n) is 17.6. The van der Waals surface area contributed by atoms with E-state index in [1.807, 2.05) is 9.80 Å². The van der Waals surface area contributed by atoms with Gasteiger partial charge in [0.1, 0.15) is 17.7 Å². The lowest BCUT2D eigenvalue weighted by molar-refractivity contribution is -0.153. The van der Waals surface area contributed by atoms with Crippen molar-refractivity contribution < 1.29 is 23.1 Å². The number of aliphatic imine (C=N–C) groups is 1. The molecule has 7 nitrogen and oxygen atoms in total. The Morgan fingerprint density at radius 3 is 2.38 bits per heavy atom. The van der Waals surface area contributed by atoms with Crippen LogP contribution in [0.15, 0.2) is 53.5 Å². The topological polar surface area (TPSA) is 74.2 Å². The van der Waals surface area contributed by atoms with Crippen LogP contribution in [-0.2, 0) is 14.3 Å². The number of nitrogens with one attached hydrogen (secondary N) is 1. The number of hydrogen-bond acceptors (Lipinski definition) is 6. The van der Waals surface area contributed by atoms with Crippen molar-refractivity contribution in [1.29, 1.82) is 0 Å². The summed E-state index contributed by atoms with van der Waals surface area (Å²) in [7, 11) is 0. The van der Waals surface area contributed by atoms with Crippen LogP contribution < -0.4 is 10.2 Å². The number of ether oxygens (including phenoxy) is 1. The lowest BCUT2D eigenvalue weighted by Gasteiger charge is -2.39. The van der Waals surface area contributed by atoms with Gasteiger partial charge in [0.25, 0.3) is 0 Å². The van der Waals surface area contributed by atoms with E-state index >= 15 is 0 Å². The van der Waals surface area contributed by atoms with E-state index in [2.05, 4.69) is 10.3 Å². The second-order valence-electron chi connectivity index (χ2n) is 7.59. The van der Waals surface area contributed by atoms with Crippen LogP contribution in [0.25, 0.3) is 0 Å². The first-order valence-electron chi connectivity index (χ1n) is 10.5. The molecule has 0 saturated carbocycles. The zero-order valence-corrected chi connectivity index (χ0v) is 17.6. The predicted octanol–water partition coefficient (Wildman–Crippen LogP) is 2.49. The highest BCUT2D eigenvalue weighted by molar-refractivity contribution is 6.08. The third kappa shape index (κ3) is 4.42. The highest BCUT2D eigenvalue weighted by Gasteiger charge is 2.42. The normalized spacial score (nSPS) is 21.1. The number of carbonyl (C=O) groups is 2.